The van der Waals surface area contributed by atoms with Crippen LogP contribution in [0.25, 0.3) is 11.5 Å². The molecular weight excluding hydrogens is 176 g/mol. The third kappa shape index (κ3) is 1.31. The highest BCUT2D eigenvalue weighted by molar-refractivity contribution is 6.28. The average Bonchev–Trinajstić information content (AvgIpc) is 2.54. The van der Waals surface area contributed by atoms with Gasteiger partial charge < -0.3 is 4.52 Å². The molecule has 0 unspecified atom stereocenters. The third-order valence-electron chi connectivity index (χ3n) is 1.42. The van der Waals surface area contributed by atoms with Crippen molar-refractivity contribution in [3.05, 3.63) is 35.6 Å². The summed E-state index contributed by atoms with van der Waals surface area (Å²) >= 11 is 5.49. The van der Waals surface area contributed by atoms with Crippen LogP contribution in [0.3, 0.4) is 0 Å². The molecule has 4 heteroatoms. The van der Waals surface area contributed by atoms with Crippen molar-refractivity contribution < 1.29 is 4.52 Å². The molecule has 1 heterocycles. The molecule has 2 aromatic rings. The molecule has 0 bridgehead atoms. The molecule has 1 aromatic carbocycles. The van der Waals surface area contributed by atoms with Gasteiger partial charge >= 0.3 is 0 Å². The van der Waals surface area contributed by atoms with Gasteiger partial charge in [-0.1, -0.05) is 18.2 Å². The molecule has 0 fully saturated rings. The van der Waals surface area contributed by atoms with Crippen molar-refractivity contribution in [3.63, 3.8) is 0 Å². The second-order valence-corrected chi connectivity index (χ2v) is 2.57. The largest absolute Gasteiger partial charge is 0.333 e. The van der Waals surface area contributed by atoms with Gasteiger partial charge in [-0.15, -0.1) is 0 Å². The van der Waals surface area contributed by atoms with Crippen molar-refractivity contribution in [1.82, 2.24) is 10.1 Å². The maximum atomic E-state index is 5.49. The van der Waals surface area contributed by atoms with Gasteiger partial charge in [0, 0.05) is 5.56 Å². The van der Waals surface area contributed by atoms with Gasteiger partial charge in [0.15, 0.2) is 0 Å². The molecule has 3 nitrogen and oxygen atoms in total. The van der Waals surface area contributed by atoms with E-state index in [4.69, 9.17) is 16.1 Å². The van der Waals surface area contributed by atoms with E-state index < -0.39 is 0 Å². The summed E-state index contributed by atoms with van der Waals surface area (Å²) in [5.41, 5.74) is 0.872. The lowest BCUT2D eigenvalue weighted by atomic mass is 10.2. The van der Waals surface area contributed by atoms with Crippen molar-refractivity contribution in [2.45, 2.75) is 0 Å². The van der Waals surface area contributed by atoms with E-state index in [9.17, 15) is 0 Å². The predicted octanol–water partition coefficient (Wildman–Crippen LogP) is 2.39. The number of hydrogen-bond donors (Lipinski definition) is 0. The van der Waals surface area contributed by atoms with E-state index in [1.807, 2.05) is 30.3 Å². The lowest BCUT2D eigenvalue weighted by Crippen LogP contribution is -1.74. The zero-order chi connectivity index (χ0) is 8.39. The number of nitrogens with zero attached hydrogens (tertiary/aromatic N) is 2. The maximum Gasteiger partial charge on any atom is 0.264 e. The Balaban J connectivity index is 2.45. The van der Waals surface area contributed by atoms with Gasteiger partial charge in [-0.05, 0) is 28.9 Å². The molecule has 0 aliphatic carbocycles. The number of benzene rings is 1. The standard InChI is InChI=1S/C8H5ClN2O/c9-8-10-7(12-11-8)6-4-2-1-3-5-6/h1-5H. The van der Waals surface area contributed by atoms with E-state index >= 15 is 0 Å². The van der Waals surface area contributed by atoms with Crippen LogP contribution in [0.1, 0.15) is 0 Å². The minimum atomic E-state index is 0.133. The van der Waals surface area contributed by atoms with Crippen molar-refractivity contribution in [2.24, 2.45) is 0 Å². The Hall–Kier alpha value is -1.35. The Kier molecular flexibility index (Phi) is 1.80. The lowest BCUT2D eigenvalue weighted by Gasteiger charge is -1.89. The molecule has 0 spiro atoms. The van der Waals surface area contributed by atoms with Crippen LogP contribution in [0.2, 0.25) is 5.28 Å². The van der Waals surface area contributed by atoms with Gasteiger partial charge in [0.2, 0.25) is 0 Å². The first-order valence-electron chi connectivity index (χ1n) is 3.41. The van der Waals surface area contributed by atoms with Crippen LogP contribution in [0, 0.1) is 0 Å². The fourth-order valence-corrected chi connectivity index (χ4v) is 1.01. The zero-order valence-electron chi connectivity index (χ0n) is 6.07. The van der Waals surface area contributed by atoms with E-state index in [-0.39, 0.29) is 5.28 Å². The SMILES string of the molecule is Clc1noc(-c2ccccc2)n1. The second kappa shape index (κ2) is 2.95. The summed E-state index contributed by atoms with van der Waals surface area (Å²) in [7, 11) is 0. The minimum Gasteiger partial charge on any atom is -0.333 e. The van der Waals surface area contributed by atoms with Gasteiger partial charge in [-0.25, -0.2) is 0 Å². The molecule has 12 heavy (non-hydrogen) atoms. The molecule has 1 aromatic heterocycles. The van der Waals surface area contributed by atoms with Crippen molar-refractivity contribution in [2.75, 3.05) is 0 Å². The van der Waals surface area contributed by atoms with Crippen LogP contribution in [-0.2, 0) is 0 Å². The summed E-state index contributed by atoms with van der Waals surface area (Å²) in [4.78, 5) is 3.87. The summed E-state index contributed by atoms with van der Waals surface area (Å²) in [6.07, 6.45) is 0. The summed E-state index contributed by atoms with van der Waals surface area (Å²) in [5, 5.41) is 3.61. The Bertz CT molecular complexity index is 372. The quantitative estimate of drug-likeness (QED) is 0.677. The fourth-order valence-electron chi connectivity index (χ4n) is 0.904. The van der Waals surface area contributed by atoms with Gasteiger partial charge in [-0.2, -0.15) is 4.98 Å². The van der Waals surface area contributed by atoms with E-state index in [0.717, 1.165) is 5.56 Å². The van der Waals surface area contributed by atoms with Crippen LogP contribution >= 0.6 is 11.6 Å². The zero-order valence-corrected chi connectivity index (χ0v) is 6.82. The summed E-state index contributed by atoms with van der Waals surface area (Å²) < 4.78 is 4.86. The van der Waals surface area contributed by atoms with Gasteiger partial charge in [0.05, 0.1) is 0 Å². The molecule has 0 atom stereocenters. The first kappa shape index (κ1) is 7.31. The Morgan fingerprint density at radius 3 is 2.50 bits per heavy atom. The van der Waals surface area contributed by atoms with Gasteiger partial charge in [0.25, 0.3) is 11.2 Å². The highest BCUT2D eigenvalue weighted by atomic mass is 35.5. The minimum absolute atomic E-state index is 0.133. The lowest BCUT2D eigenvalue weighted by molar-refractivity contribution is 0.430. The van der Waals surface area contributed by atoms with Crippen LogP contribution in [0.4, 0.5) is 0 Å². The highest BCUT2D eigenvalue weighted by Crippen LogP contribution is 2.17. The molecule has 0 aliphatic heterocycles. The van der Waals surface area contributed by atoms with Crippen molar-refractivity contribution >= 4 is 11.6 Å². The van der Waals surface area contributed by atoms with Crippen molar-refractivity contribution in [1.29, 1.82) is 0 Å². The molecule has 0 saturated carbocycles. The highest BCUT2D eigenvalue weighted by Gasteiger charge is 2.04. The maximum absolute atomic E-state index is 5.49. The van der Waals surface area contributed by atoms with Crippen molar-refractivity contribution in [3.8, 4) is 11.5 Å². The Labute approximate surface area is 74.0 Å². The summed E-state index contributed by atoms with van der Waals surface area (Å²) in [6.45, 7) is 0. The van der Waals surface area contributed by atoms with Crippen LogP contribution in [-0.4, -0.2) is 10.1 Å². The number of halogens is 1. The molecule has 0 N–H and O–H groups in total. The predicted molar refractivity (Wildman–Crippen MR) is 44.7 cm³/mol. The first-order valence-corrected chi connectivity index (χ1v) is 3.79. The monoisotopic (exact) mass is 180 g/mol. The molecule has 0 amide bonds. The van der Waals surface area contributed by atoms with Gasteiger partial charge in [-0.3, -0.25) is 0 Å². The first-order chi connectivity index (χ1) is 5.86. The fraction of sp³-hybridized carbons (Fsp3) is 0. The van der Waals surface area contributed by atoms with E-state index in [1.165, 1.54) is 0 Å². The molecule has 0 aliphatic rings. The molecule has 0 saturated heterocycles. The number of aromatic nitrogens is 2. The normalized spacial score (nSPS) is 10.1. The molecule has 0 radical (unpaired) electrons. The summed E-state index contributed by atoms with van der Waals surface area (Å²) in [5.74, 6) is 0.445. The van der Waals surface area contributed by atoms with Gasteiger partial charge in [0.1, 0.15) is 0 Å². The molecule has 60 valence electrons. The number of hydrogen-bond acceptors (Lipinski definition) is 3. The molecule has 2 rings (SSSR count). The Morgan fingerprint density at radius 1 is 1.17 bits per heavy atom. The summed E-state index contributed by atoms with van der Waals surface area (Å²) in [6, 6.07) is 9.47. The smallest absolute Gasteiger partial charge is 0.264 e. The number of rotatable bonds is 1. The van der Waals surface area contributed by atoms with Crippen LogP contribution < -0.4 is 0 Å². The topological polar surface area (TPSA) is 38.9 Å². The van der Waals surface area contributed by atoms with Crippen LogP contribution in [0.5, 0.6) is 0 Å². The Morgan fingerprint density at radius 2 is 1.92 bits per heavy atom. The molecular formula is C8H5ClN2O. The van der Waals surface area contributed by atoms with E-state index in [2.05, 4.69) is 10.1 Å². The average molecular weight is 181 g/mol. The second-order valence-electron chi connectivity index (χ2n) is 2.23. The van der Waals surface area contributed by atoms with E-state index in [1.54, 1.807) is 0 Å². The third-order valence-corrected chi connectivity index (χ3v) is 1.58. The van der Waals surface area contributed by atoms with Crippen LogP contribution in [0.15, 0.2) is 34.9 Å². The van der Waals surface area contributed by atoms with E-state index in [0.29, 0.717) is 5.89 Å².